The van der Waals surface area contributed by atoms with E-state index in [-0.39, 0.29) is 32.8 Å². The predicted molar refractivity (Wildman–Crippen MR) is 107 cm³/mol. The molecule has 0 aliphatic carbocycles. The van der Waals surface area contributed by atoms with E-state index in [0.717, 1.165) is 0 Å². The number of amides is 1. The number of methoxy groups -OCH3 is 1. The van der Waals surface area contributed by atoms with Crippen LogP contribution in [0.5, 0.6) is 0 Å². The summed E-state index contributed by atoms with van der Waals surface area (Å²) in [5.41, 5.74) is 0.361. The molecule has 0 bridgehead atoms. The Morgan fingerprint density at radius 3 is 2.36 bits per heavy atom. The molecule has 0 aromatic heterocycles. The van der Waals surface area contributed by atoms with Gasteiger partial charge in [0.05, 0.1) is 33.8 Å². The summed E-state index contributed by atoms with van der Waals surface area (Å²) in [6.45, 7) is 3.48. The molecule has 1 amide bonds. The fourth-order valence-electron chi connectivity index (χ4n) is 2.35. The minimum absolute atomic E-state index is 0.0282. The van der Waals surface area contributed by atoms with Gasteiger partial charge in [0.15, 0.2) is 0 Å². The number of esters is 1. The van der Waals surface area contributed by atoms with Crippen molar-refractivity contribution in [2.45, 2.75) is 24.8 Å². The Hall–Kier alpha value is -2.42. The van der Waals surface area contributed by atoms with Crippen LogP contribution in [-0.2, 0) is 14.8 Å². The molecule has 0 spiro atoms. The summed E-state index contributed by atoms with van der Waals surface area (Å²) >= 11 is 6.12. The van der Waals surface area contributed by atoms with Crippen molar-refractivity contribution in [3.8, 4) is 0 Å². The number of rotatable bonds is 6. The predicted octanol–water partition coefficient (Wildman–Crippen LogP) is 3.41. The molecule has 9 heteroatoms. The fraction of sp³-hybridized carbons (Fsp3) is 0.263. The second-order valence-corrected chi connectivity index (χ2v) is 8.65. The SMILES string of the molecule is COC(=O)c1ccccc1NC(=O)c1cc(S(=O)(=O)N(C)C(C)C)ccc1Cl. The topological polar surface area (TPSA) is 92.8 Å². The van der Waals surface area contributed by atoms with Crippen molar-refractivity contribution in [1.82, 2.24) is 4.31 Å². The fourth-order valence-corrected chi connectivity index (χ4v) is 3.95. The molecule has 7 nitrogen and oxygen atoms in total. The number of nitrogens with zero attached hydrogens (tertiary/aromatic N) is 1. The van der Waals surface area contributed by atoms with E-state index in [1.807, 2.05) is 0 Å². The van der Waals surface area contributed by atoms with Gasteiger partial charge in [-0.1, -0.05) is 23.7 Å². The molecule has 2 aromatic rings. The number of carbonyl (C=O) groups is 2. The van der Waals surface area contributed by atoms with Crippen molar-refractivity contribution in [3.63, 3.8) is 0 Å². The number of hydrogen-bond acceptors (Lipinski definition) is 5. The third-order valence-electron chi connectivity index (χ3n) is 4.17. The van der Waals surface area contributed by atoms with E-state index in [1.54, 1.807) is 26.0 Å². The van der Waals surface area contributed by atoms with E-state index in [0.29, 0.717) is 0 Å². The van der Waals surface area contributed by atoms with Crippen molar-refractivity contribution < 1.29 is 22.7 Å². The van der Waals surface area contributed by atoms with Crippen LogP contribution in [0, 0.1) is 0 Å². The minimum atomic E-state index is -3.79. The van der Waals surface area contributed by atoms with Crippen LogP contribution < -0.4 is 5.32 Å². The number of nitrogens with one attached hydrogen (secondary N) is 1. The highest BCUT2D eigenvalue weighted by Crippen LogP contribution is 2.25. The van der Waals surface area contributed by atoms with Crippen LogP contribution in [0.3, 0.4) is 0 Å². The summed E-state index contributed by atoms with van der Waals surface area (Å²) in [6.07, 6.45) is 0. The lowest BCUT2D eigenvalue weighted by atomic mass is 10.1. The van der Waals surface area contributed by atoms with Crippen LogP contribution in [0.4, 0.5) is 5.69 Å². The Kier molecular flexibility index (Phi) is 6.82. The molecule has 0 atom stereocenters. The van der Waals surface area contributed by atoms with Gasteiger partial charge in [-0.15, -0.1) is 0 Å². The van der Waals surface area contributed by atoms with Crippen LogP contribution in [0.25, 0.3) is 0 Å². The maximum atomic E-state index is 12.7. The first-order chi connectivity index (χ1) is 13.1. The van der Waals surface area contributed by atoms with Gasteiger partial charge in [0.1, 0.15) is 0 Å². The highest BCUT2D eigenvalue weighted by Gasteiger charge is 2.25. The maximum Gasteiger partial charge on any atom is 0.339 e. The zero-order valence-electron chi connectivity index (χ0n) is 15.9. The molecule has 0 saturated heterocycles. The normalized spacial score (nSPS) is 11.5. The summed E-state index contributed by atoms with van der Waals surface area (Å²) in [5.74, 6) is -1.26. The first-order valence-electron chi connectivity index (χ1n) is 8.36. The number of carbonyl (C=O) groups excluding carboxylic acids is 2. The van der Waals surface area contributed by atoms with Gasteiger partial charge in [0.2, 0.25) is 10.0 Å². The average Bonchev–Trinajstić information content (AvgIpc) is 2.67. The van der Waals surface area contributed by atoms with Crippen molar-refractivity contribution in [3.05, 3.63) is 58.6 Å². The number of benzene rings is 2. The van der Waals surface area contributed by atoms with Crippen molar-refractivity contribution in [2.75, 3.05) is 19.5 Å². The lowest BCUT2D eigenvalue weighted by Crippen LogP contribution is -2.33. The minimum Gasteiger partial charge on any atom is -0.465 e. The van der Waals surface area contributed by atoms with Gasteiger partial charge >= 0.3 is 5.97 Å². The van der Waals surface area contributed by atoms with Gasteiger partial charge in [-0.25, -0.2) is 13.2 Å². The molecule has 0 unspecified atom stereocenters. The molecule has 2 aromatic carbocycles. The summed E-state index contributed by atoms with van der Waals surface area (Å²) < 4.78 is 31.3. The zero-order chi connectivity index (χ0) is 21.1. The summed E-state index contributed by atoms with van der Waals surface area (Å²) in [4.78, 5) is 24.5. The highest BCUT2D eigenvalue weighted by molar-refractivity contribution is 7.89. The van der Waals surface area contributed by atoms with Crippen LogP contribution in [-0.4, -0.2) is 44.8 Å². The van der Waals surface area contributed by atoms with E-state index < -0.39 is 21.9 Å². The largest absolute Gasteiger partial charge is 0.465 e. The molecule has 2 rings (SSSR count). The van der Waals surface area contributed by atoms with Crippen molar-refractivity contribution >= 4 is 39.2 Å². The quantitative estimate of drug-likeness (QED) is 0.717. The Morgan fingerprint density at radius 2 is 1.75 bits per heavy atom. The zero-order valence-corrected chi connectivity index (χ0v) is 17.5. The number of halogens is 1. The Morgan fingerprint density at radius 1 is 1.11 bits per heavy atom. The Labute approximate surface area is 169 Å². The lowest BCUT2D eigenvalue weighted by Gasteiger charge is -2.21. The van der Waals surface area contributed by atoms with Crippen LogP contribution in [0.1, 0.15) is 34.6 Å². The molecule has 0 radical (unpaired) electrons. The van der Waals surface area contributed by atoms with Crippen molar-refractivity contribution in [1.29, 1.82) is 0 Å². The standard InChI is InChI=1S/C19H21ClN2O5S/c1-12(2)22(3)28(25,26)13-9-10-16(20)15(11-13)18(23)21-17-8-6-5-7-14(17)19(24)27-4/h5-12H,1-4H3,(H,21,23). The molecule has 0 saturated carbocycles. The van der Waals surface area contributed by atoms with E-state index >= 15 is 0 Å². The molecule has 0 heterocycles. The van der Waals surface area contributed by atoms with E-state index in [9.17, 15) is 18.0 Å². The number of hydrogen-bond donors (Lipinski definition) is 1. The summed E-state index contributed by atoms with van der Waals surface area (Å²) in [6, 6.07) is 9.95. The number of anilines is 1. The maximum absolute atomic E-state index is 12.7. The Bertz CT molecular complexity index is 1010. The molecular formula is C19H21ClN2O5S. The third kappa shape index (κ3) is 4.52. The molecule has 1 N–H and O–H groups in total. The second kappa shape index (κ2) is 8.72. The van der Waals surface area contributed by atoms with E-state index in [2.05, 4.69) is 5.32 Å². The van der Waals surface area contributed by atoms with Gasteiger partial charge in [-0.3, -0.25) is 4.79 Å². The van der Waals surface area contributed by atoms with Gasteiger partial charge in [0.25, 0.3) is 5.91 Å². The third-order valence-corrected chi connectivity index (χ3v) is 6.53. The van der Waals surface area contributed by atoms with Crippen LogP contribution in [0.2, 0.25) is 5.02 Å². The van der Waals surface area contributed by atoms with Gasteiger partial charge in [-0.2, -0.15) is 4.31 Å². The van der Waals surface area contributed by atoms with Gasteiger partial charge in [0, 0.05) is 13.1 Å². The number of para-hydroxylation sites is 1. The second-order valence-electron chi connectivity index (χ2n) is 6.25. The number of ether oxygens (including phenoxy) is 1. The first-order valence-corrected chi connectivity index (χ1v) is 10.2. The smallest absolute Gasteiger partial charge is 0.339 e. The van der Waals surface area contributed by atoms with Gasteiger partial charge < -0.3 is 10.1 Å². The lowest BCUT2D eigenvalue weighted by molar-refractivity contribution is 0.0602. The van der Waals surface area contributed by atoms with Crippen LogP contribution in [0.15, 0.2) is 47.4 Å². The first kappa shape index (κ1) is 21.9. The molecule has 0 fully saturated rings. The molecule has 0 aliphatic rings. The average molecular weight is 425 g/mol. The summed E-state index contributed by atoms with van der Waals surface area (Å²) in [5, 5.41) is 2.66. The summed E-state index contributed by atoms with van der Waals surface area (Å²) in [7, 11) is -1.10. The van der Waals surface area contributed by atoms with E-state index in [4.69, 9.17) is 16.3 Å². The molecule has 0 aliphatic heterocycles. The van der Waals surface area contributed by atoms with Gasteiger partial charge in [-0.05, 0) is 44.2 Å². The monoisotopic (exact) mass is 424 g/mol. The molecular weight excluding hydrogens is 404 g/mol. The number of sulfonamides is 1. The highest BCUT2D eigenvalue weighted by atomic mass is 35.5. The van der Waals surface area contributed by atoms with E-state index in [1.165, 1.54) is 48.8 Å². The molecule has 150 valence electrons. The van der Waals surface area contributed by atoms with Crippen molar-refractivity contribution in [2.24, 2.45) is 0 Å². The molecule has 28 heavy (non-hydrogen) atoms. The Balaban J connectivity index is 2.42. The van der Waals surface area contributed by atoms with Crippen LogP contribution >= 0.6 is 11.6 Å².